The Labute approximate surface area is 96.6 Å². The normalized spacial score (nSPS) is 10.4. The zero-order valence-corrected chi connectivity index (χ0v) is 9.80. The van der Waals surface area contributed by atoms with Crippen LogP contribution in [0.4, 0.5) is 0 Å². The summed E-state index contributed by atoms with van der Waals surface area (Å²) in [6.07, 6.45) is 0. The zero-order valence-electron chi connectivity index (χ0n) is 8.98. The van der Waals surface area contributed by atoms with Gasteiger partial charge in [-0.05, 0) is 37.5 Å². The van der Waals surface area contributed by atoms with Gasteiger partial charge in [0.2, 0.25) is 0 Å². The number of amides is 1. The van der Waals surface area contributed by atoms with E-state index in [1.54, 1.807) is 0 Å². The van der Waals surface area contributed by atoms with E-state index in [1.165, 1.54) is 11.5 Å². The SMILES string of the molecule is Cc1ccc(CNC(=O)c2nnsc2C)o1. The molecule has 84 valence electrons. The molecule has 2 rings (SSSR count). The highest BCUT2D eigenvalue weighted by atomic mass is 32.1. The van der Waals surface area contributed by atoms with Crippen molar-refractivity contribution >= 4 is 17.4 Å². The lowest BCUT2D eigenvalue weighted by Gasteiger charge is -2.00. The third-order valence-corrected chi connectivity index (χ3v) is 2.72. The molecular formula is C10H11N3O2S. The molecule has 0 aromatic carbocycles. The summed E-state index contributed by atoms with van der Waals surface area (Å²) in [4.78, 5) is 12.5. The lowest BCUT2D eigenvalue weighted by atomic mass is 10.3. The zero-order chi connectivity index (χ0) is 11.5. The molecule has 0 atom stereocenters. The molecule has 0 aliphatic heterocycles. The highest BCUT2D eigenvalue weighted by molar-refractivity contribution is 7.05. The summed E-state index contributed by atoms with van der Waals surface area (Å²) in [5.41, 5.74) is 0.383. The largest absolute Gasteiger partial charge is 0.465 e. The summed E-state index contributed by atoms with van der Waals surface area (Å²) in [5.74, 6) is 1.34. The van der Waals surface area contributed by atoms with Gasteiger partial charge in [0.15, 0.2) is 5.69 Å². The highest BCUT2D eigenvalue weighted by Crippen LogP contribution is 2.09. The molecule has 0 aliphatic rings. The van der Waals surface area contributed by atoms with Crippen LogP contribution in [0.3, 0.4) is 0 Å². The molecule has 0 spiro atoms. The molecule has 6 heteroatoms. The molecule has 0 saturated carbocycles. The van der Waals surface area contributed by atoms with Crippen molar-refractivity contribution in [3.05, 3.63) is 34.2 Å². The van der Waals surface area contributed by atoms with Gasteiger partial charge in [0.05, 0.1) is 11.4 Å². The van der Waals surface area contributed by atoms with Crippen molar-refractivity contribution < 1.29 is 9.21 Å². The van der Waals surface area contributed by atoms with Crippen molar-refractivity contribution in [2.75, 3.05) is 0 Å². The summed E-state index contributed by atoms with van der Waals surface area (Å²) in [6.45, 7) is 4.04. The molecule has 16 heavy (non-hydrogen) atoms. The van der Waals surface area contributed by atoms with Crippen LogP contribution in [-0.2, 0) is 6.54 Å². The van der Waals surface area contributed by atoms with Gasteiger partial charge in [0.25, 0.3) is 5.91 Å². The maximum atomic E-state index is 11.7. The van der Waals surface area contributed by atoms with E-state index in [1.807, 2.05) is 26.0 Å². The van der Waals surface area contributed by atoms with Crippen molar-refractivity contribution in [3.8, 4) is 0 Å². The van der Waals surface area contributed by atoms with Crippen LogP contribution in [0.15, 0.2) is 16.5 Å². The van der Waals surface area contributed by atoms with E-state index in [2.05, 4.69) is 14.9 Å². The molecule has 2 heterocycles. The average molecular weight is 237 g/mol. The van der Waals surface area contributed by atoms with Gasteiger partial charge in [-0.2, -0.15) is 0 Å². The van der Waals surface area contributed by atoms with Gasteiger partial charge >= 0.3 is 0 Å². The molecule has 5 nitrogen and oxygen atoms in total. The summed E-state index contributed by atoms with van der Waals surface area (Å²) < 4.78 is 9.04. The van der Waals surface area contributed by atoms with Crippen molar-refractivity contribution in [2.45, 2.75) is 20.4 Å². The van der Waals surface area contributed by atoms with Gasteiger partial charge in [-0.3, -0.25) is 4.79 Å². The van der Waals surface area contributed by atoms with Crippen LogP contribution in [0.5, 0.6) is 0 Å². The predicted octanol–water partition coefficient (Wildman–Crippen LogP) is 1.68. The van der Waals surface area contributed by atoms with Gasteiger partial charge in [-0.25, -0.2) is 0 Å². The Morgan fingerprint density at radius 2 is 2.31 bits per heavy atom. The lowest BCUT2D eigenvalue weighted by Crippen LogP contribution is -2.23. The minimum atomic E-state index is -0.222. The first kappa shape index (κ1) is 10.8. The summed E-state index contributed by atoms with van der Waals surface area (Å²) >= 11 is 1.21. The molecule has 0 fully saturated rings. The lowest BCUT2D eigenvalue weighted by molar-refractivity contribution is 0.0942. The van der Waals surface area contributed by atoms with Crippen molar-refractivity contribution in [1.82, 2.24) is 14.9 Å². The van der Waals surface area contributed by atoms with E-state index in [9.17, 15) is 4.79 Å². The molecule has 1 N–H and O–H groups in total. The minimum absolute atomic E-state index is 0.222. The second kappa shape index (κ2) is 4.44. The summed E-state index contributed by atoms with van der Waals surface area (Å²) in [7, 11) is 0. The molecule has 2 aromatic rings. The molecule has 0 aliphatic carbocycles. The van der Waals surface area contributed by atoms with Crippen LogP contribution < -0.4 is 5.32 Å². The van der Waals surface area contributed by atoms with E-state index in [0.29, 0.717) is 12.2 Å². The Kier molecular flexibility index (Phi) is 3.00. The fourth-order valence-electron chi connectivity index (χ4n) is 1.27. The smallest absolute Gasteiger partial charge is 0.273 e. The van der Waals surface area contributed by atoms with E-state index in [4.69, 9.17) is 4.42 Å². The van der Waals surface area contributed by atoms with E-state index in [-0.39, 0.29) is 5.91 Å². The van der Waals surface area contributed by atoms with E-state index in [0.717, 1.165) is 16.4 Å². The van der Waals surface area contributed by atoms with Gasteiger partial charge in [0.1, 0.15) is 11.5 Å². The molecule has 0 saturated heterocycles. The minimum Gasteiger partial charge on any atom is -0.465 e. The second-order valence-corrected chi connectivity index (χ2v) is 4.33. The second-order valence-electron chi connectivity index (χ2n) is 3.37. The first-order chi connectivity index (χ1) is 7.66. The monoisotopic (exact) mass is 237 g/mol. The molecule has 0 radical (unpaired) electrons. The number of hydrogen-bond acceptors (Lipinski definition) is 5. The Morgan fingerprint density at radius 3 is 2.88 bits per heavy atom. The van der Waals surface area contributed by atoms with Crippen LogP contribution in [0, 0.1) is 13.8 Å². The fraction of sp³-hybridized carbons (Fsp3) is 0.300. The van der Waals surface area contributed by atoms with E-state index >= 15 is 0 Å². The molecule has 2 aromatic heterocycles. The third kappa shape index (κ3) is 2.27. The molecular weight excluding hydrogens is 226 g/mol. The third-order valence-electron chi connectivity index (χ3n) is 2.09. The number of aromatic nitrogens is 2. The van der Waals surface area contributed by atoms with Crippen LogP contribution in [-0.4, -0.2) is 15.5 Å². The van der Waals surface area contributed by atoms with Gasteiger partial charge in [-0.15, -0.1) is 5.10 Å². The number of carbonyl (C=O) groups is 1. The van der Waals surface area contributed by atoms with Gasteiger partial charge in [-0.1, -0.05) is 4.49 Å². The summed E-state index contributed by atoms with van der Waals surface area (Å²) in [5, 5.41) is 6.49. The first-order valence-corrected chi connectivity index (χ1v) is 5.56. The number of nitrogens with zero attached hydrogens (tertiary/aromatic N) is 2. The Morgan fingerprint density at radius 1 is 1.50 bits per heavy atom. The number of furan rings is 1. The molecule has 0 bridgehead atoms. The molecule has 0 unspecified atom stereocenters. The van der Waals surface area contributed by atoms with Crippen molar-refractivity contribution in [3.63, 3.8) is 0 Å². The van der Waals surface area contributed by atoms with Crippen molar-refractivity contribution in [1.29, 1.82) is 0 Å². The number of carbonyl (C=O) groups excluding carboxylic acids is 1. The quantitative estimate of drug-likeness (QED) is 0.881. The van der Waals surface area contributed by atoms with Crippen LogP contribution in [0.25, 0.3) is 0 Å². The van der Waals surface area contributed by atoms with Crippen LogP contribution in [0.1, 0.15) is 26.9 Å². The Balaban J connectivity index is 1.96. The maximum absolute atomic E-state index is 11.7. The molecule has 1 amide bonds. The summed E-state index contributed by atoms with van der Waals surface area (Å²) in [6, 6.07) is 3.69. The van der Waals surface area contributed by atoms with Crippen molar-refractivity contribution in [2.24, 2.45) is 0 Å². The Hall–Kier alpha value is -1.69. The number of nitrogens with one attached hydrogen (secondary N) is 1. The first-order valence-electron chi connectivity index (χ1n) is 4.79. The number of hydrogen-bond donors (Lipinski definition) is 1. The average Bonchev–Trinajstić information content (AvgIpc) is 2.84. The fourth-order valence-corrected chi connectivity index (χ4v) is 1.74. The van der Waals surface area contributed by atoms with E-state index < -0.39 is 0 Å². The standard InChI is InChI=1S/C10H11N3O2S/c1-6-3-4-8(15-6)5-11-10(14)9-7(2)16-13-12-9/h3-4H,5H2,1-2H3,(H,11,14). The van der Waals surface area contributed by atoms with Crippen LogP contribution >= 0.6 is 11.5 Å². The number of aryl methyl sites for hydroxylation is 2. The number of rotatable bonds is 3. The van der Waals surface area contributed by atoms with Gasteiger partial charge < -0.3 is 9.73 Å². The van der Waals surface area contributed by atoms with Crippen LogP contribution in [0.2, 0.25) is 0 Å². The maximum Gasteiger partial charge on any atom is 0.273 e. The Bertz CT molecular complexity index is 504. The van der Waals surface area contributed by atoms with Gasteiger partial charge in [0, 0.05) is 0 Å². The highest BCUT2D eigenvalue weighted by Gasteiger charge is 2.13. The predicted molar refractivity (Wildman–Crippen MR) is 59.3 cm³/mol. The topological polar surface area (TPSA) is 68.0 Å².